The van der Waals surface area contributed by atoms with Gasteiger partial charge in [-0.3, -0.25) is 0 Å². The maximum Gasteiger partial charge on any atom is 0.154 e. The summed E-state index contributed by atoms with van der Waals surface area (Å²) in [5.74, 6) is 2.43. The van der Waals surface area contributed by atoms with Crippen molar-refractivity contribution in [2.45, 2.75) is 96.5 Å². The predicted octanol–water partition coefficient (Wildman–Crippen LogP) is 5.86. The number of hydrogen-bond donors (Lipinski definition) is 0. The Morgan fingerprint density at radius 2 is 1.68 bits per heavy atom. The molecule has 2 aliphatic rings. The number of hydrogen-bond acceptors (Lipinski definition) is 2. The molecule has 0 heterocycles. The van der Waals surface area contributed by atoms with Crippen molar-refractivity contribution in [3.63, 3.8) is 0 Å². The molecule has 126 valence electrons. The van der Waals surface area contributed by atoms with Crippen LogP contribution in [0.15, 0.2) is 0 Å². The van der Waals surface area contributed by atoms with Crippen molar-refractivity contribution < 1.29 is 4.74 Å². The van der Waals surface area contributed by atoms with E-state index in [1.165, 1.54) is 64.2 Å². The molecule has 1 unspecified atom stereocenters. The van der Waals surface area contributed by atoms with Gasteiger partial charge in [0.1, 0.15) is 0 Å². The van der Waals surface area contributed by atoms with Gasteiger partial charge in [0.2, 0.25) is 0 Å². The average Bonchev–Trinajstić information content (AvgIpc) is 2.60. The van der Waals surface area contributed by atoms with Gasteiger partial charge in [0.25, 0.3) is 0 Å². The number of ether oxygens (including phenoxy) is 1. The highest BCUT2D eigenvalue weighted by molar-refractivity contribution is 5.05. The van der Waals surface area contributed by atoms with Crippen LogP contribution in [0.25, 0.3) is 0 Å². The van der Waals surface area contributed by atoms with Crippen LogP contribution in [0.4, 0.5) is 0 Å². The first-order valence-electron chi connectivity index (χ1n) is 9.78. The molecular formula is C20H35NO. The molecule has 0 radical (unpaired) electrons. The smallest absolute Gasteiger partial charge is 0.154 e. The molecule has 2 nitrogen and oxygen atoms in total. The van der Waals surface area contributed by atoms with Gasteiger partial charge < -0.3 is 4.74 Å². The highest BCUT2D eigenvalue weighted by Gasteiger charge is 2.39. The minimum atomic E-state index is -0.466. The molecule has 2 rings (SSSR count). The Kier molecular flexibility index (Phi) is 7.22. The lowest BCUT2D eigenvalue weighted by atomic mass is 9.70. The molecular weight excluding hydrogens is 270 g/mol. The van der Waals surface area contributed by atoms with Crippen LogP contribution in [0.3, 0.4) is 0 Å². The van der Waals surface area contributed by atoms with E-state index >= 15 is 0 Å². The molecule has 2 saturated carbocycles. The molecule has 0 amide bonds. The second-order valence-electron chi connectivity index (χ2n) is 7.72. The van der Waals surface area contributed by atoms with Gasteiger partial charge in [-0.1, -0.05) is 58.8 Å². The molecule has 0 aliphatic heterocycles. The quantitative estimate of drug-likeness (QED) is 0.590. The summed E-state index contributed by atoms with van der Waals surface area (Å²) >= 11 is 0. The molecule has 2 fully saturated rings. The van der Waals surface area contributed by atoms with Crippen molar-refractivity contribution >= 4 is 0 Å². The maximum atomic E-state index is 9.68. The summed E-state index contributed by atoms with van der Waals surface area (Å²) in [5.41, 5.74) is -0.466. The van der Waals surface area contributed by atoms with Crippen LogP contribution in [-0.2, 0) is 4.74 Å². The van der Waals surface area contributed by atoms with E-state index in [0.717, 1.165) is 31.3 Å². The minimum Gasteiger partial charge on any atom is -0.360 e. The molecule has 0 spiro atoms. The lowest BCUT2D eigenvalue weighted by Gasteiger charge is -2.39. The van der Waals surface area contributed by atoms with Crippen LogP contribution in [0.1, 0.15) is 90.9 Å². The lowest BCUT2D eigenvalue weighted by Crippen LogP contribution is -2.38. The predicted molar refractivity (Wildman–Crippen MR) is 91.5 cm³/mol. The Balaban J connectivity index is 1.81. The van der Waals surface area contributed by atoms with Crippen LogP contribution >= 0.6 is 0 Å². The SMILES string of the molecule is CCCC(CC)COC1(C#N)CCC(C2CCCCC2)CC1. The maximum absolute atomic E-state index is 9.68. The third-order valence-electron chi connectivity index (χ3n) is 6.23. The average molecular weight is 306 g/mol. The molecule has 1 atom stereocenters. The Morgan fingerprint density at radius 1 is 1.05 bits per heavy atom. The van der Waals surface area contributed by atoms with Gasteiger partial charge in [-0.15, -0.1) is 0 Å². The van der Waals surface area contributed by atoms with E-state index in [2.05, 4.69) is 19.9 Å². The van der Waals surface area contributed by atoms with Gasteiger partial charge in [-0.25, -0.2) is 0 Å². The summed E-state index contributed by atoms with van der Waals surface area (Å²) in [5, 5.41) is 9.68. The zero-order chi connectivity index (χ0) is 15.8. The van der Waals surface area contributed by atoms with Gasteiger partial charge >= 0.3 is 0 Å². The van der Waals surface area contributed by atoms with Gasteiger partial charge in [0.05, 0.1) is 12.7 Å². The summed E-state index contributed by atoms with van der Waals surface area (Å²) in [6, 6.07) is 2.54. The minimum absolute atomic E-state index is 0.466. The number of nitriles is 1. The molecule has 0 N–H and O–H groups in total. The van der Waals surface area contributed by atoms with Crippen LogP contribution in [0, 0.1) is 29.1 Å². The number of nitrogens with zero attached hydrogens (tertiary/aromatic N) is 1. The zero-order valence-electron chi connectivity index (χ0n) is 14.8. The van der Waals surface area contributed by atoms with Gasteiger partial charge in [-0.05, 0) is 49.9 Å². The third kappa shape index (κ3) is 4.72. The second kappa shape index (κ2) is 8.92. The van der Waals surface area contributed by atoms with Crippen molar-refractivity contribution in [2.24, 2.45) is 17.8 Å². The Bertz CT molecular complexity index is 345. The third-order valence-corrected chi connectivity index (χ3v) is 6.23. The Hall–Kier alpha value is -0.550. The van der Waals surface area contributed by atoms with Gasteiger partial charge in [0, 0.05) is 0 Å². The van der Waals surface area contributed by atoms with E-state index < -0.39 is 5.60 Å². The highest BCUT2D eigenvalue weighted by Crippen LogP contribution is 2.42. The first-order valence-corrected chi connectivity index (χ1v) is 9.78. The molecule has 0 aromatic heterocycles. The summed E-state index contributed by atoms with van der Waals surface area (Å²) < 4.78 is 6.20. The van der Waals surface area contributed by atoms with Crippen molar-refractivity contribution in [3.8, 4) is 6.07 Å². The van der Waals surface area contributed by atoms with Crippen molar-refractivity contribution in [2.75, 3.05) is 6.61 Å². The monoisotopic (exact) mass is 305 g/mol. The van der Waals surface area contributed by atoms with Crippen LogP contribution in [0.5, 0.6) is 0 Å². The van der Waals surface area contributed by atoms with E-state index in [1.807, 2.05) is 0 Å². The van der Waals surface area contributed by atoms with E-state index in [1.54, 1.807) is 0 Å². The highest BCUT2D eigenvalue weighted by atomic mass is 16.5. The van der Waals surface area contributed by atoms with Gasteiger partial charge in [-0.2, -0.15) is 5.26 Å². The molecule has 0 bridgehead atoms. The summed E-state index contributed by atoms with van der Waals surface area (Å²) in [6.45, 7) is 5.26. The molecule has 0 aromatic rings. The molecule has 0 saturated heterocycles. The van der Waals surface area contributed by atoms with Crippen LogP contribution in [-0.4, -0.2) is 12.2 Å². The summed E-state index contributed by atoms with van der Waals surface area (Å²) in [4.78, 5) is 0. The lowest BCUT2D eigenvalue weighted by molar-refractivity contribution is -0.0587. The first-order chi connectivity index (χ1) is 10.7. The van der Waals surface area contributed by atoms with E-state index in [0.29, 0.717) is 5.92 Å². The normalized spacial score (nSPS) is 31.6. The van der Waals surface area contributed by atoms with Crippen molar-refractivity contribution in [3.05, 3.63) is 0 Å². The Labute approximate surface area is 137 Å². The zero-order valence-corrected chi connectivity index (χ0v) is 14.8. The fourth-order valence-corrected chi connectivity index (χ4v) is 4.56. The van der Waals surface area contributed by atoms with E-state index in [9.17, 15) is 5.26 Å². The van der Waals surface area contributed by atoms with Crippen molar-refractivity contribution in [1.82, 2.24) is 0 Å². The van der Waals surface area contributed by atoms with Crippen LogP contribution < -0.4 is 0 Å². The van der Waals surface area contributed by atoms with Crippen molar-refractivity contribution in [1.29, 1.82) is 5.26 Å². The van der Waals surface area contributed by atoms with Gasteiger partial charge in [0.15, 0.2) is 5.60 Å². The first kappa shape index (κ1) is 17.8. The largest absolute Gasteiger partial charge is 0.360 e. The van der Waals surface area contributed by atoms with E-state index in [-0.39, 0.29) is 0 Å². The van der Waals surface area contributed by atoms with Crippen LogP contribution in [0.2, 0.25) is 0 Å². The second-order valence-corrected chi connectivity index (χ2v) is 7.72. The fourth-order valence-electron chi connectivity index (χ4n) is 4.56. The topological polar surface area (TPSA) is 33.0 Å². The number of rotatable bonds is 7. The fraction of sp³-hybridized carbons (Fsp3) is 0.950. The molecule has 22 heavy (non-hydrogen) atoms. The standard InChI is InChI=1S/C20H35NO/c1-3-8-17(4-2)15-22-20(16-21)13-11-19(12-14-20)18-9-6-5-7-10-18/h17-19H,3-15H2,1-2H3. The molecule has 2 aliphatic carbocycles. The molecule has 2 heteroatoms. The van der Waals surface area contributed by atoms with E-state index in [4.69, 9.17) is 4.74 Å². The molecule has 0 aromatic carbocycles. The summed E-state index contributed by atoms with van der Waals surface area (Å²) in [7, 11) is 0. The summed E-state index contributed by atoms with van der Waals surface area (Å²) in [6.07, 6.45) is 15.1. The Morgan fingerprint density at radius 3 is 2.23 bits per heavy atom.